The highest BCUT2D eigenvalue weighted by Crippen LogP contribution is 2.26. The van der Waals surface area contributed by atoms with Crippen LogP contribution in [0.3, 0.4) is 0 Å². The molecule has 1 aromatic rings. The minimum Gasteiger partial charge on any atom is -0.495 e. The fourth-order valence-electron chi connectivity index (χ4n) is 1.87. The number of methoxy groups -OCH3 is 1. The summed E-state index contributed by atoms with van der Waals surface area (Å²) in [5.74, 6) is -0.00372. The maximum Gasteiger partial charge on any atom is 0.303 e. The largest absolute Gasteiger partial charge is 0.495 e. The van der Waals surface area contributed by atoms with Gasteiger partial charge in [0.15, 0.2) is 0 Å². The monoisotopic (exact) mass is 219 g/mol. The van der Waals surface area contributed by atoms with Crippen molar-refractivity contribution in [2.45, 2.75) is 12.8 Å². The van der Waals surface area contributed by atoms with E-state index in [1.807, 2.05) is 18.2 Å². The first-order valence-corrected chi connectivity index (χ1v) is 5.12. The van der Waals surface area contributed by atoms with Gasteiger partial charge in [0.1, 0.15) is 5.75 Å². The van der Waals surface area contributed by atoms with E-state index in [0.29, 0.717) is 12.2 Å². The Kier molecular flexibility index (Phi) is 2.90. The summed E-state index contributed by atoms with van der Waals surface area (Å²) in [5.41, 5.74) is 1.95. The summed E-state index contributed by atoms with van der Waals surface area (Å²) >= 11 is 0. The van der Waals surface area contributed by atoms with Crippen molar-refractivity contribution in [2.24, 2.45) is 5.92 Å². The van der Waals surface area contributed by atoms with Gasteiger partial charge in [-0.05, 0) is 30.0 Å². The van der Waals surface area contributed by atoms with Crippen LogP contribution in [0.4, 0.5) is 0 Å². The molecule has 0 radical (unpaired) electrons. The number of ether oxygens (including phenoxy) is 1. The van der Waals surface area contributed by atoms with E-state index in [0.717, 1.165) is 11.3 Å². The number of allylic oxidation sites excluding steroid dienone is 1. The summed E-state index contributed by atoms with van der Waals surface area (Å²) in [5, 5.41) is 8.74. The van der Waals surface area contributed by atoms with E-state index < -0.39 is 5.97 Å². The normalized spacial score (nSPS) is 17.9. The van der Waals surface area contributed by atoms with Gasteiger partial charge in [0.05, 0.1) is 25.4 Å². The molecule has 84 valence electrons. The Bertz CT molecular complexity index is 440. The van der Waals surface area contributed by atoms with Crippen LogP contribution in [0.1, 0.15) is 17.7 Å². The molecule has 0 saturated heterocycles. The van der Waals surface area contributed by atoms with E-state index in [1.54, 1.807) is 13.3 Å². The molecule has 0 spiro atoms. The highest BCUT2D eigenvalue weighted by Gasteiger charge is 2.17. The standard InChI is InChI=1S/C12H13NO3/c1-16-10-6-9-4-8(5-12(14)15)2-3-11(9)13-7-10/h2-3,6-8H,4-5H2,1H3,(H,14,15). The molecule has 0 aliphatic heterocycles. The van der Waals surface area contributed by atoms with Gasteiger partial charge < -0.3 is 9.84 Å². The van der Waals surface area contributed by atoms with Crippen LogP contribution in [0.15, 0.2) is 18.3 Å². The second-order valence-corrected chi connectivity index (χ2v) is 3.84. The van der Waals surface area contributed by atoms with Crippen molar-refractivity contribution in [3.8, 4) is 5.75 Å². The third kappa shape index (κ3) is 2.21. The molecule has 0 saturated carbocycles. The van der Waals surface area contributed by atoms with Gasteiger partial charge in [-0.3, -0.25) is 9.78 Å². The number of rotatable bonds is 3. The van der Waals surface area contributed by atoms with E-state index in [4.69, 9.17) is 9.84 Å². The number of hydrogen-bond donors (Lipinski definition) is 1. The van der Waals surface area contributed by atoms with Crippen molar-refractivity contribution in [3.63, 3.8) is 0 Å². The lowest BCUT2D eigenvalue weighted by Gasteiger charge is -2.17. The topological polar surface area (TPSA) is 59.4 Å². The van der Waals surface area contributed by atoms with Crippen molar-refractivity contribution >= 4 is 12.0 Å². The molecule has 1 atom stereocenters. The molecule has 0 aromatic carbocycles. The SMILES string of the molecule is COc1cnc2c(c1)CC(CC(=O)O)C=C2. The summed E-state index contributed by atoms with van der Waals surface area (Å²) < 4.78 is 5.09. The average Bonchev–Trinajstić information content (AvgIpc) is 2.27. The minimum absolute atomic E-state index is 0.0545. The number of carbonyl (C=O) groups is 1. The van der Waals surface area contributed by atoms with E-state index in [9.17, 15) is 4.79 Å². The molecule has 1 unspecified atom stereocenters. The Morgan fingerprint density at radius 1 is 1.69 bits per heavy atom. The Hall–Kier alpha value is -1.84. The summed E-state index contributed by atoms with van der Waals surface area (Å²) in [6.07, 6.45) is 6.33. The van der Waals surface area contributed by atoms with Gasteiger partial charge in [-0.15, -0.1) is 0 Å². The van der Waals surface area contributed by atoms with Gasteiger partial charge in [-0.2, -0.15) is 0 Å². The van der Waals surface area contributed by atoms with Crippen LogP contribution in [0.5, 0.6) is 5.75 Å². The zero-order chi connectivity index (χ0) is 11.5. The van der Waals surface area contributed by atoms with Crippen molar-refractivity contribution in [1.29, 1.82) is 0 Å². The molecule has 4 nitrogen and oxygen atoms in total. The average molecular weight is 219 g/mol. The molecular weight excluding hydrogens is 206 g/mol. The number of fused-ring (bicyclic) bond motifs is 1. The summed E-state index contributed by atoms with van der Waals surface area (Å²) in [6.45, 7) is 0. The maximum absolute atomic E-state index is 10.6. The first-order chi connectivity index (χ1) is 7.69. The van der Waals surface area contributed by atoms with Crippen molar-refractivity contribution in [3.05, 3.63) is 29.6 Å². The lowest BCUT2D eigenvalue weighted by molar-refractivity contribution is -0.137. The first-order valence-electron chi connectivity index (χ1n) is 5.12. The lowest BCUT2D eigenvalue weighted by Crippen LogP contribution is -2.12. The predicted octanol–water partition coefficient (Wildman–Crippen LogP) is 1.75. The number of pyridine rings is 1. The quantitative estimate of drug-likeness (QED) is 0.841. The van der Waals surface area contributed by atoms with Crippen LogP contribution in [0.25, 0.3) is 6.08 Å². The molecule has 16 heavy (non-hydrogen) atoms. The third-order valence-electron chi connectivity index (χ3n) is 2.66. The van der Waals surface area contributed by atoms with Crippen LogP contribution in [-0.2, 0) is 11.2 Å². The molecular formula is C12H13NO3. The van der Waals surface area contributed by atoms with Gasteiger partial charge in [0, 0.05) is 0 Å². The molecule has 0 fully saturated rings. The van der Waals surface area contributed by atoms with Crippen LogP contribution in [-0.4, -0.2) is 23.2 Å². The van der Waals surface area contributed by atoms with Crippen LogP contribution < -0.4 is 4.74 Å². The highest BCUT2D eigenvalue weighted by molar-refractivity contribution is 5.68. The van der Waals surface area contributed by atoms with Crippen LogP contribution in [0.2, 0.25) is 0 Å². The van der Waals surface area contributed by atoms with Gasteiger partial charge in [-0.1, -0.05) is 6.08 Å². The Morgan fingerprint density at radius 2 is 2.50 bits per heavy atom. The van der Waals surface area contributed by atoms with Gasteiger partial charge >= 0.3 is 5.97 Å². The molecule has 1 aliphatic carbocycles. The zero-order valence-corrected chi connectivity index (χ0v) is 9.01. The summed E-state index contributed by atoms with van der Waals surface area (Å²) in [7, 11) is 1.59. The lowest BCUT2D eigenvalue weighted by atomic mass is 9.90. The molecule has 2 rings (SSSR count). The van der Waals surface area contributed by atoms with Crippen molar-refractivity contribution < 1.29 is 14.6 Å². The number of aliphatic carboxylic acids is 1. The second-order valence-electron chi connectivity index (χ2n) is 3.84. The fraction of sp³-hybridized carbons (Fsp3) is 0.333. The minimum atomic E-state index is -0.769. The summed E-state index contributed by atoms with van der Waals surface area (Å²) in [4.78, 5) is 14.9. The predicted molar refractivity (Wildman–Crippen MR) is 59.3 cm³/mol. The van der Waals surface area contributed by atoms with Crippen molar-refractivity contribution in [2.75, 3.05) is 7.11 Å². The molecule has 1 heterocycles. The molecule has 0 bridgehead atoms. The summed E-state index contributed by atoms with van der Waals surface area (Å²) in [6, 6.07) is 1.92. The highest BCUT2D eigenvalue weighted by atomic mass is 16.5. The Balaban J connectivity index is 2.21. The second kappa shape index (κ2) is 4.35. The number of aromatic nitrogens is 1. The molecule has 0 amide bonds. The first kappa shape index (κ1) is 10.7. The number of hydrogen-bond acceptors (Lipinski definition) is 3. The molecule has 1 N–H and O–H groups in total. The molecule has 4 heteroatoms. The number of carboxylic acid groups (broad SMARTS) is 1. The smallest absolute Gasteiger partial charge is 0.303 e. The van der Waals surface area contributed by atoms with Gasteiger partial charge in [-0.25, -0.2) is 0 Å². The zero-order valence-electron chi connectivity index (χ0n) is 9.01. The number of carboxylic acids is 1. The van der Waals surface area contributed by atoms with Crippen molar-refractivity contribution in [1.82, 2.24) is 4.98 Å². The fourth-order valence-corrected chi connectivity index (χ4v) is 1.87. The molecule has 1 aromatic heterocycles. The maximum atomic E-state index is 10.6. The van der Waals surface area contributed by atoms with E-state index >= 15 is 0 Å². The van der Waals surface area contributed by atoms with Gasteiger partial charge in [0.25, 0.3) is 0 Å². The third-order valence-corrected chi connectivity index (χ3v) is 2.66. The number of nitrogens with zero attached hydrogens (tertiary/aromatic N) is 1. The van der Waals surface area contributed by atoms with Crippen LogP contribution >= 0.6 is 0 Å². The van der Waals surface area contributed by atoms with E-state index in [1.165, 1.54) is 0 Å². The van der Waals surface area contributed by atoms with Crippen LogP contribution in [0, 0.1) is 5.92 Å². The Labute approximate surface area is 93.6 Å². The Morgan fingerprint density at radius 3 is 3.19 bits per heavy atom. The van der Waals surface area contributed by atoms with E-state index in [-0.39, 0.29) is 12.3 Å². The van der Waals surface area contributed by atoms with Gasteiger partial charge in [0.2, 0.25) is 0 Å². The molecule has 1 aliphatic rings. The van der Waals surface area contributed by atoms with E-state index in [2.05, 4.69) is 4.98 Å².